The highest BCUT2D eigenvalue weighted by molar-refractivity contribution is 7.09. The van der Waals surface area contributed by atoms with Crippen LogP contribution in [0.5, 0.6) is 0 Å². The molecule has 0 aromatic carbocycles. The molecule has 1 fully saturated rings. The highest BCUT2D eigenvalue weighted by Crippen LogP contribution is 2.15. The zero-order valence-electron chi connectivity index (χ0n) is 11.9. The topological polar surface area (TPSA) is 68.9 Å². The maximum Gasteiger partial charge on any atom is 0.158 e. The molecule has 108 valence electrons. The van der Waals surface area contributed by atoms with Gasteiger partial charge >= 0.3 is 0 Å². The van der Waals surface area contributed by atoms with Crippen molar-refractivity contribution in [2.24, 2.45) is 0 Å². The predicted octanol–water partition coefficient (Wildman–Crippen LogP) is 1.44. The summed E-state index contributed by atoms with van der Waals surface area (Å²) in [5.74, 6) is 0.846. The van der Waals surface area contributed by atoms with Crippen molar-refractivity contribution in [3.63, 3.8) is 0 Å². The molecule has 0 atom stereocenters. The Hall–Kier alpha value is -2.04. The van der Waals surface area contributed by atoms with E-state index in [2.05, 4.69) is 30.1 Å². The first-order valence-corrected chi connectivity index (χ1v) is 7.73. The van der Waals surface area contributed by atoms with Gasteiger partial charge in [0.2, 0.25) is 0 Å². The van der Waals surface area contributed by atoms with Gasteiger partial charge in [-0.3, -0.25) is 4.90 Å². The minimum absolute atomic E-state index is 0.358. The first-order valence-electron chi connectivity index (χ1n) is 6.85. The second-order valence-electron chi connectivity index (χ2n) is 4.99. The summed E-state index contributed by atoms with van der Waals surface area (Å²) in [5.41, 5.74) is 1.51. The van der Waals surface area contributed by atoms with Crippen molar-refractivity contribution in [3.8, 4) is 6.07 Å². The van der Waals surface area contributed by atoms with Crippen molar-refractivity contribution in [1.82, 2.24) is 19.9 Å². The second kappa shape index (κ2) is 6.16. The molecule has 0 N–H and O–H groups in total. The molecule has 0 radical (unpaired) electrons. The number of nitriles is 1. The molecule has 3 rings (SSSR count). The average Bonchev–Trinajstić information content (AvgIpc) is 2.93. The lowest BCUT2D eigenvalue weighted by Gasteiger charge is -2.34. The van der Waals surface area contributed by atoms with E-state index >= 15 is 0 Å². The molecule has 0 saturated carbocycles. The summed E-state index contributed by atoms with van der Waals surface area (Å²) in [7, 11) is 0. The summed E-state index contributed by atoms with van der Waals surface area (Å²) in [6.07, 6.45) is 3.21. The fourth-order valence-corrected chi connectivity index (χ4v) is 2.99. The highest BCUT2D eigenvalue weighted by Gasteiger charge is 2.19. The molecular weight excluding hydrogens is 284 g/mol. The summed E-state index contributed by atoms with van der Waals surface area (Å²) in [6.45, 7) is 6.76. The van der Waals surface area contributed by atoms with Gasteiger partial charge in [-0.15, -0.1) is 11.3 Å². The number of nitrogens with zero attached hydrogens (tertiary/aromatic N) is 6. The van der Waals surface area contributed by atoms with Crippen LogP contribution in [-0.2, 0) is 6.54 Å². The normalized spacial score (nSPS) is 15.9. The highest BCUT2D eigenvalue weighted by atomic mass is 32.1. The molecule has 0 amide bonds. The molecule has 21 heavy (non-hydrogen) atoms. The molecule has 2 aromatic rings. The Bertz CT molecular complexity index is 636. The van der Waals surface area contributed by atoms with Crippen molar-refractivity contribution in [1.29, 1.82) is 5.26 Å². The van der Waals surface area contributed by atoms with Gasteiger partial charge in [0.15, 0.2) is 5.69 Å². The minimum Gasteiger partial charge on any atom is -0.353 e. The van der Waals surface area contributed by atoms with Gasteiger partial charge in [-0.05, 0) is 6.92 Å². The van der Waals surface area contributed by atoms with Crippen LogP contribution in [0.25, 0.3) is 0 Å². The van der Waals surface area contributed by atoms with E-state index in [1.165, 1.54) is 6.20 Å². The minimum atomic E-state index is 0.358. The van der Waals surface area contributed by atoms with Crippen LogP contribution in [0.2, 0.25) is 0 Å². The standard InChI is InChI=1S/C14H16N6S/c1-11-18-13(10-21-11)9-19-2-4-20(5-3-19)14-8-16-12(6-15)7-17-14/h7-8,10H,2-5,9H2,1H3. The number of hydrogen-bond donors (Lipinski definition) is 0. The zero-order chi connectivity index (χ0) is 14.7. The van der Waals surface area contributed by atoms with Gasteiger partial charge < -0.3 is 4.90 Å². The quantitative estimate of drug-likeness (QED) is 0.854. The van der Waals surface area contributed by atoms with Crippen LogP contribution in [0.4, 0.5) is 5.82 Å². The molecule has 0 aliphatic carbocycles. The Morgan fingerprint density at radius 2 is 2.05 bits per heavy atom. The largest absolute Gasteiger partial charge is 0.353 e. The first-order chi connectivity index (χ1) is 10.2. The number of piperazine rings is 1. The van der Waals surface area contributed by atoms with E-state index in [-0.39, 0.29) is 0 Å². The Labute approximate surface area is 127 Å². The second-order valence-corrected chi connectivity index (χ2v) is 6.05. The lowest BCUT2D eigenvalue weighted by molar-refractivity contribution is 0.247. The van der Waals surface area contributed by atoms with E-state index in [1.54, 1.807) is 17.5 Å². The van der Waals surface area contributed by atoms with Gasteiger partial charge in [0, 0.05) is 38.1 Å². The SMILES string of the molecule is Cc1nc(CN2CCN(c3cnc(C#N)cn3)CC2)cs1. The first kappa shape index (κ1) is 13.9. The van der Waals surface area contributed by atoms with Crippen LogP contribution in [0.1, 0.15) is 16.4 Å². The van der Waals surface area contributed by atoms with Crippen molar-refractivity contribution < 1.29 is 0 Å². The smallest absolute Gasteiger partial charge is 0.158 e. The van der Waals surface area contributed by atoms with Crippen molar-refractivity contribution in [3.05, 3.63) is 34.2 Å². The van der Waals surface area contributed by atoms with E-state index in [4.69, 9.17) is 5.26 Å². The Kier molecular flexibility index (Phi) is 4.08. The molecule has 1 aliphatic heterocycles. The van der Waals surface area contributed by atoms with Gasteiger partial charge in [-0.25, -0.2) is 15.0 Å². The Morgan fingerprint density at radius 3 is 2.62 bits per heavy atom. The molecule has 6 nitrogen and oxygen atoms in total. The molecular formula is C14H16N6S. The van der Waals surface area contributed by atoms with Crippen LogP contribution in [-0.4, -0.2) is 46.0 Å². The molecule has 7 heteroatoms. The molecule has 0 spiro atoms. The van der Waals surface area contributed by atoms with E-state index in [9.17, 15) is 0 Å². The van der Waals surface area contributed by atoms with Crippen LogP contribution in [0.3, 0.4) is 0 Å². The number of aromatic nitrogens is 3. The summed E-state index contributed by atoms with van der Waals surface area (Å²) < 4.78 is 0. The number of anilines is 1. The summed E-state index contributed by atoms with van der Waals surface area (Å²) in [5, 5.41) is 12.0. The van der Waals surface area contributed by atoms with E-state index in [1.807, 2.05) is 13.0 Å². The number of thiazole rings is 1. The molecule has 3 heterocycles. The maximum atomic E-state index is 8.74. The maximum absolute atomic E-state index is 8.74. The fraction of sp³-hybridized carbons (Fsp3) is 0.429. The third-order valence-corrected chi connectivity index (χ3v) is 4.32. The summed E-state index contributed by atoms with van der Waals surface area (Å²) in [6, 6.07) is 1.99. The van der Waals surface area contributed by atoms with Crippen LogP contribution >= 0.6 is 11.3 Å². The van der Waals surface area contributed by atoms with Gasteiger partial charge in [0.05, 0.1) is 23.1 Å². The van der Waals surface area contributed by atoms with Gasteiger partial charge in [0.1, 0.15) is 11.9 Å². The van der Waals surface area contributed by atoms with Crippen LogP contribution in [0, 0.1) is 18.3 Å². The predicted molar refractivity (Wildman–Crippen MR) is 81.1 cm³/mol. The lowest BCUT2D eigenvalue weighted by Crippen LogP contribution is -2.46. The van der Waals surface area contributed by atoms with Crippen LogP contribution < -0.4 is 4.90 Å². The summed E-state index contributed by atoms with van der Waals surface area (Å²) >= 11 is 1.70. The van der Waals surface area contributed by atoms with Gasteiger partial charge in [-0.2, -0.15) is 5.26 Å². The third kappa shape index (κ3) is 3.35. The molecule has 1 aliphatic rings. The molecule has 1 saturated heterocycles. The number of aryl methyl sites for hydroxylation is 1. The summed E-state index contributed by atoms with van der Waals surface area (Å²) in [4.78, 5) is 17.5. The number of rotatable bonds is 3. The Balaban J connectivity index is 1.56. The van der Waals surface area contributed by atoms with Crippen LogP contribution in [0.15, 0.2) is 17.8 Å². The molecule has 0 unspecified atom stereocenters. The van der Waals surface area contributed by atoms with Crippen molar-refractivity contribution >= 4 is 17.2 Å². The zero-order valence-corrected chi connectivity index (χ0v) is 12.7. The van der Waals surface area contributed by atoms with Gasteiger partial charge in [-0.1, -0.05) is 0 Å². The van der Waals surface area contributed by atoms with E-state index in [0.717, 1.165) is 49.2 Å². The number of hydrogen-bond acceptors (Lipinski definition) is 7. The van der Waals surface area contributed by atoms with Gasteiger partial charge in [0.25, 0.3) is 0 Å². The average molecular weight is 300 g/mol. The third-order valence-electron chi connectivity index (χ3n) is 3.50. The molecule has 2 aromatic heterocycles. The van der Waals surface area contributed by atoms with Crippen molar-refractivity contribution in [2.45, 2.75) is 13.5 Å². The Morgan fingerprint density at radius 1 is 1.24 bits per heavy atom. The van der Waals surface area contributed by atoms with Crippen molar-refractivity contribution in [2.75, 3.05) is 31.1 Å². The molecule has 0 bridgehead atoms. The fourth-order valence-electron chi connectivity index (χ4n) is 2.39. The monoisotopic (exact) mass is 300 g/mol. The van der Waals surface area contributed by atoms with E-state index < -0.39 is 0 Å². The van der Waals surface area contributed by atoms with E-state index in [0.29, 0.717) is 5.69 Å². The lowest BCUT2D eigenvalue weighted by atomic mass is 10.3.